The van der Waals surface area contributed by atoms with Crippen molar-refractivity contribution in [3.63, 3.8) is 0 Å². The maximum Gasteiger partial charge on any atom is 0.278 e. The van der Waals surface area contributed by atoms with Crippen molar-refractivity contribution >= 4 is 28.3 Å². The van der Waals surface area contributed by atoms with E-state index in [-0.39, 0.29) is 5.56 Å². The van der Waals surface area contributed by atoms with Crippen LogP contribution in [-0.2, 0) is 26.4 Å². The smallest absolute Gasteiger partial charge is 0.278 e. The lowest BCUT2D eigenvalue weighted by Gasteiger charge is -2.23. The van der Waals surface area contributed by atoms with Gasteiger partial charge in [-0.3, -0.25) is 14.5 Å². The van der Waals surface area contributed by atoms with E-state index in [1.54, 1.807) is 16.0 Å². The van der Waals surface area contributed by atoms with Crippen molar-refractivity contribution in [1.82, 2.24) is 24.7 Å². The van der Waals surface area contributed by atoms with Gasteiger partial charge in [-0.2, -0.15) is 5.10 Å². The number of aromatic nitrogens is 5. The quantitative estimate of drug-likeness (QED) is 0.260. The highest BCUT2D eigenvalue weighted by Gasteiger charge is 2.20. The molecule has 0 aliphatic heterocycles. The molecular weight excluding hydrogens is 480 g/mol. The molecule has 0 spiro atoms. The second-order valence-corrected chi connectivity index (χ2v) is 10.4. The molecular formula is C29H32N6OS. The molecule has 190 valence electrons. The first-order valence-corrected chi connectivity index (χ1v) is 13.6. The highest BCUT2D eigenvalue weighted by Crippen LogP contribution is 2.29. The van der Waals surface area contributed by atoms with Crippen molar-refractivity contribution in [2.24, 2.45) is 7.05 Å². The summed E-state index contributed by atoms with van der Waals surface area (Å²) in [5.41, 5.74) is 5.36. The number of rotatable bonds is 10. The Morgan fingerprint density at radius 1 is 1.00 bits per heavy atom. The molecule has 0 saturated heterocycles. The van der Waals surface area contributed by atoms with Crippen molar-refractivity contribution in [1.29, 1.82) is 0 Å². The van der Waals surface area contributed by atoms with Gasteiger partial charge in [-0.1, -0.05) is 74.0 Å². The van der Waals surface area contributed by atoms with Crippen molar-refractivity contribution in [3.8, 4) is 10.6 Å². The van der Waals surface area contributed by atoms with Crippen molar-refractivity contribution in [3.05, 3.63) is 92.8 Å². The third kappa shape index (κ3) is 5.49. The first kappa shape index (κ1) is 24.9. The van der Waals surface area contributed by atoms with E-state index in [0.29, 0.717) is 23.5 Å². The standard InChI is InChI=1S/C29H32N6OS/c1-4-12-23-25-26(34(3)33-23)27(36)32-29(31-25)35(18-11-15-21-13-7-5-8-14-21)19-24-20(2)30-28(37-24)22-16-9-6-10-17-22/h5-10,13-14,16-17H,4,11-12,15,18-19H2,1-3H3,(H,31,32,36). The molecule has 3 heterocycles. The molecule has 0 atom stereocenters. The van der Waals surface area contributed by atoms with E-state index in [2.05, 4.69) is 65.2 Å². The number of fused-ring (bicyclic) bond motifs is 1. The topological polar surface area (TPSA) is 79.7 Å². The molecule has 0 radical (unpaired) electrons. The van der Waals surface area contributed by atoms with Crippen LogP contribution in [0, 0.1) is 6.92 Å². The minimum absolute atomic E-state index is 0.156. The molecule has 0 unspecified atom stereocenters. The minimum atomic E-state index is -0.156. The van der Waals surface area contributed by atoms with Crippen LogP contribution in [0.5, 0.6) is 0 Å². The predicted octanol–water partition coefficient (Wildman–Crippen LogP) is 5.68. The molecule has 0 fully saturated rings. The maximum absolute atomic E-state index is 13.2. The van der Waals surface area contributed by atoms with Gasteiger partial charge in [-0.15, -0.1) is 11.3 Å². The van der Waals surface area contributed by atoms with Crippen LogP contribution in [0.15, 0.2) is 65.5 Å². The molecule has 5 rings (SSSR count). The molecule has 8 heteroatoms. The van der Waals surface area contributed by atoms with E-state index in [4.69, 9.17) is 9.97 Å². The molecule has 7 nitrogen and oxygen atoms in total. The summed E-state index contributed by atoms with van der Waals surface area (Å²) >= 11 is 1.70. The first-order chi connectivity index (χ1) is 18.0. The van der Waals surface area contributed by atoms with E-state index in [1.807, 2.05) is 31.3 Å². The SMILES string of the molecule is CCCc1nn(C)c2c(=O)[nH]c(N(CCCc3ccccc3)Cc3sc(-c4ccccc4)nc3C)nc12. The minimum Gasteiger partial charge on any atom is -0.337 e. The molecule has 0 saturated carbocycles. The fourth-order valence-electron chi connectivity index (χ4n) is 4.62. The molecule has 3 aromatic heterocycles. The molecule has 0 amide bonds. The normalized spacial score (nSPS) is 11.3. The van der Waals surface area contributed by atoms with E-state index in [1.165, 1.54) is 10.4 Å². The fourth-order valence-corrected chi connectivity index (χ4v) is 5.70. The van der Waals surface area contributed by atoms with Crippen LogP contribution < -0.4 is 10.5 Å². The van der Waals surface area contributed by atoms with Gasteiger partial charge in [-0.05, 0) is 31.7 Å². The number of benzene rings is 2. The Morgan fingerprint density at radius 3 is 2.46 bits per heavy atom. The first-order valence-electron chi connectivity index (χ1n) is 12.8. The third-order valence-corrected chi connectivity index (χ3v) is 7.71. The van der Waals surface area contributed by atoms with Crippen LogP contribution in [0.25, 0.3) is 21.6 Å². The number of anilines is 1. The maximum atomic E-state index is 13.2. The van der Waals surface area contributed by atoms with E-state index < -0.39 is 0 Å². The average Bonchev–Trinajstić information content (AvgIpc) is 3.44. The summed E-state index contributed by atoms with van der Waals surface area (Å²) in [5.74, 6) is 0.588. The number of nitrogens with zero attached hydrogens (tertiary/aromatic N) is 5. The van der Waals surface area contributed by atoms with E-state index in [0.717, 1.165) is 54.2 Å². The van der Waals surface area contributed by atoms with Gasteiger partial charge < -0.3 is 4.90 Å². The molecule has 2 aromatic carbocycles. The number of nitrogens with one attached hydrogen (secondary N) is 1. The van der Waals surface area contributed by atoms with E-state index in [9.17, 15) is 4.79 Å². The van der Waals surface area contributed by atoms with Crippen molar-refractivity contribution in [2.45, 2.75) is 46.1 Å². The molecule has 0 bridgehead atoms. The lowest BCUT2D eigenvalue weighted by molar-refractivity contribution is 0.709. The molecule has 37 heavy (non-hydrogen) atoms. The van der Waals surface area contributed by atoms with Crippen LogP contribution in [-0.4, -0.2) is 31.3 Å². The number of hydrogen-bond donors (Lipinski definition) is 1. The van der Waals surface area contributed by atoms with E-state index >= 15 is 0 Å². The molecule has 0 aliphatic rings. The zero-order valence-corrected chi connectivity index (χ0v) is 22.4. The van der Waals surface area contributed by atoms with Gasteiger partial charge >= 0.3 is 0 Å². The van der Waals surface area contributed by atoms with Gasteiger partial charge in [0, 0.05) is 24.0 Å². The Bertz CT molecular complexity index is 1540. The number of aryl methyl sites for hydroxylation is 4. The van der Waals surface area contributed by atoms with Crippen LogP contribution in [0.2, 0.25) is 0 Å². The number of hydrogen-bond acceptors (Lipinski definition) is 6. The Morgan fingerprint density at radius 2 is 1.73 bits per heavy atom. The predicted molar refractivity (Wildman–Crippen MR) is 151 cm³/mol. The summed E-state index contributed by atoms with van der Waals surface area (Å²) in [4.78, 5) is 29.4. The summed E-state index contributed by atoms with van der Waals surface area (Å²) in [6.45, 7) is 5.55. The third-order valence-electron chi connectivity index (χ3n) is 6.52. The molecule has 0 aliphatic carbocycles. The summed E-state index contributed by atoms with van der Waals surface area (Å²) in [6, 6.07) is 20.8. The highest BCUT2D eigenvalue weighted by atomic mass is 32.1. The Balaban J connectivity index is 1.49. The largest absolute Gasteiger partial charge is 0.337 e. The van der Waals surface area contributed by atoms with Gasteiger partial charge in [0.25, 0.3) is 5.56 Å². The second-order valence-electron chi connectivity index (χ2n) is 9.31. The Labute approximate surface area is 220 Å². The van der Waals surface area contributed by atoms with Gasteiger partial charge in [0.05, 0.1) is 17.9 Å². The van der Waals surface area contributed by atoms with Crippen LogP contribution in [0.3, 0.4) is 0 Å². The molecule has 5 aromatic rings. The van der Waals surface area contributed by atoms with Crippen LogP contribution >= 0.6 is 11.3 Å². The summed E-state index contributed by atoms with van der Waals surface area (Å²) in [5, 5.41) is 5.59. The van der Waals surface area contributed by atoms with Gasteiger partial charge in [0.1, 0.15) is 10.5 Å². The van der Waals surface area contributed by atoms with Gasteiger partial charge in [0.2, 0.25) is 5.95 Å². The number of thiazole rings is 1. The highest BCUT2D eigenvalue weighted by molar-refractivity contribution is 7.15. The lowest BCUT2D eigenvalue weighted by atomic mass is 10.1. The lowest BCUT2D eigenvalue weighted by Crippen LogP contribution is -2.28. The summed E-state index contributed by atoms with van der Waals surface area (Å²) < 4.78 is 1.65. The summed E-state index contributed by atoms with van der Waals surface area (Å²) in [6.07, 6.45) is 3.62. The van der Waals surface area contributed by atoms with Crippen LogP contribution in [0.4, 0.5) is 5.95 Å². The van der Waals surface area contributed by atoms with Crippen molar-refractivity contribution in [2.75, 3.05) is 11.4 Å². The Hall–Kier alpha value is -3.78. The zero-order chi connectivity index (χ0) is 25.8. The monoisotopic (exact) mass is 512 g/mol. The summed E-state index contributed by atoms with van der Waals surface area (Å²) in [7, 11) is 1.81. The molecule has 1 N–H and O–H groups in total. The van der Waals surface area contributed by atoms with Gasteiger partial charge in [0.15, 0.2) is 5.52 Å². The number of H-pyrrole nitrogens is 1. The van der Waals surface area contributed by atoms with Crippen molar-refractivity contribution < 1.29 is 0 Å². The second kappa shape index (κ2) is 11.1. The Kier molecular flexibility index (Phi) is 7.46. The fraction of sp³-hybridized carbons (Fsp3) is 0.310. The van der Waals surface area contributed by atoms with Crippen LogP contribution in [0.1, 0.15) is 41.6 Å². The zero-order valence-electron chi connectivity index (χ0n) is 21.6. The van der Waals surface area contributed by atoms with Gasteiger partial charge in [-0.25, -0.2) is 9.97 Å². The average molecular weight is 513 g/mol. The number of aromatic amines is 1.